The van der Waals surface area contributed by atoms with E-state index in [9.17, 15) is 0 Å². The fourth-order valence-electron chi connectivity index (χ4n) is 8.24. The first-order valence-electron chi connectivity index (χ1n) is 19.9. The summed E-state index contributed by atoms with van der Waals surface area (Å²) in [6.45, 7) is 28.4. The first-order chi connectivity index (χ1) is 25.5. The fourth-order valence-corrected chi connectivity index (χ4v) is 14.0. The van der Waals surface area contributed by atoms with Crippen molar-refractivity contribution in [3.63, 3.8) is 0 Å². The second-order valence-corrected chi connectivity index (χ2v) is 28.8. The topological polar surface area (TPSA) is 0 Å². The Balaban J connectivity index is 0.00000133. The Bertz CT molecular complexity index is 1780. The van der Waals surface area contributed by atoms with Crippen LogP contribution in [0.15, 0.2) is 97.1 Å². The SMILES string of the molecule is CC(C)c1cc(C(C)C)cc([Si](c2cc(C(C)C)cc(C(C)C)c2)(c2cc(C(C)C)cc(C(C)C)c2)C2c3[c-]cccc3-c3ccccc32)c1.[Cl][Ti+]([Cl])[Cl]. The summed E-state index contributed by atoms with van der Waals surface area (Å²) < 4.78 is 0. The summed E-state index contributed by atoms with van der Waals surface area (Å²) in [6, 6.07) is 43.2. The van der Waals surface area contributed by atoms with Crippen molar-refractivity contribution in [3.05, 3.63) is 148 Å². The molecule has 1 unspecified atom stereocenters. The summed E-state index contributed by atoms with van der Waals surface area (Å²) in [6.07, 6.45) is 0. The van der Waals surface area contributed by atoms with Gasteiger partial charge in [0.1, 0.15) is 0 Å². The average Bonchev–Trinajstić information content (AvgIpc) is 3.46. The Kier molecular flexibility index (Phi) is 14.3. The second-order valence-electron chi connectivity index (χ2n) is 17.1. The van der Waals surface area contributed by atoms with Crippen LogP contribution in [0.25, 0.3) is 11.1 Å². The van der Waals surface area contributed by atoms with E-state index in [4.69, 9.17) is 27.9 Å². The molecule has 6 rings (SSSR count). The summed E-state index contributed by atoms with van der Waals surface area (Å²) in [7, 11) is 11.9. The third kappa shape index (κ3) is 8.88. The van der Waals surface area contributed by atoms with E-state index >= 15 is 0 Å². The number of halogens is 3. The standard InChI is InChI=1S/C49H59Si.3ClH.Ti/c1-30(2)36-21-37(31(3)4)25-42(24-36)50(43-26-38(32(5)6)22-39(27-43)33(7)8,44-28-40(34(9)10)23-41(29-44)35(11)12)49-47-19-15-13-17-45(47)46-18-14-16-20-48(46)49;;;;/h13-19,21-35,49H,1-12H3;3*1H;/q-1;;;;+4/p-3. The Labute approximate surface area is 346 Å². The van der Waals surface area contributed by atoms with E-state index in [0.29, 0.717) is 35.5 Å². The molecule has 0 amide bonds. The van der Waals surface area contributed by atoms with E-state index < -0.39 is 22.8 Å². The summed E-state index contributed by atoms with van der Waals surface area (Å²) in [5, 5.41) is 4.59. The third-order valence-electron chi connectivity index (χ3n) is 11.5. The second kappa shape index (κ2) is 18.0. The van der Waals surface area contributed by atoms with Crippen LogP contribution in [0.4, 0.5) is 0 Å². The summed E-state index contributed by atoms with van der Waals surface area (Å²) in [5.74, 6) is 2.56. The van der Waals surface area contributed by atoms with Crippen molar-refractivity contribution < 1.29 is 14.7 Å². The van der Waals surface area contributed by atoms with Gasteiger partial charge in [0.2, 0.25) is 0 Å². The number of hydrogen-bond donors (Lipinski definition) is 0. The van der Waals surface area contributed by atoms with Gasteiger partial charge in [0.15, 0.2) is 8.07 Å². The molecule has 5 heteroatoms. The number of rotatable bonds is 10. The molecule has 0 bridgehead atoms. The van der Waals surface area contributed by atoms with Crippen LogP contribution in [0.3, 0.4) is 0 Å². The van der Waals surface area contributed by atoms with Crippen molar-refractivity contribution in [3.8, 4) is 11.1 Å². The Morgan fingerprint density at radius 1 is 0.463 bits per heavy atom. The van der Waals surface area contributed by atoms with Gasteiger partial charge in [-0.25, -0.2) is 0 Å². The molecule has 5 aromatic rings. The van der Waals surface area contributed by atoms with Crippen molar-refractivity contribution in [2.45, 2.75) is 124 Å². The molecular weight excluding hydrogens is 771 g/mol. The molecule has 1 atom stereocenters. The molecule has 0 saturated heterocycles. The van der Waals surface area contributed by atoms with Gasteiger partial charge < -0.3 is 0 Å². The maximum atomic E-state index is 4.97. The predicted octanol–water partition coefficient (Wildman–Crippen LogP) is 14.1. The maximum absolute atomic E-state index is 4.97. The monoisotopic (exact) mass is 828 g/mol. The van der Waals surface area contributed by atoms with Gasteiger partial charge in [-0.2, -0.15) is 24.3 Å². The molecule has 0 fully saturated rings. The van der Waals surface area contributed by atoms with Crippen LogP contribution in [0.1, 0.15) is 169 Å². The number of benzene rings is 5. The molecular formula is C49H59Cl3SiTi. The quantitative estimate of drug-likeness (QED) is 0.0747. The fraction of sp³-hybridized carbons (Fsp3) is 0.388. The molecule has 1 aliphatic rings. The van der Waals surface area contributed by atoms with Crippen molar-refractivity contribution in [2.75, 3.05) is 0 Å². The van der Waals surface area contributed by atoms with Gasteiger partial charge in [-0.15, -0.1) is 11.1 Å². The molecule has 0 radical (unpaired) electrons. The van der Waals surface area contributed by atoms with E-state index in [1.54, 1.807) is 0 Å². The first kappa shape index (κ1) is 43.0. The van der Waals surface area contributed by atoms with E-state index in [0.717, 1.165) is 0 Å². The third-order valence-corrected chi connectivity index (χ3v) is 16.5. The van der Waals surface area contributed by atoms with Gasteiger partial charge in [-0.1, -0.05) is 168 Å². The molecule has 0 aromatic heterocycles. The van der Waals surface area contributed by atoms with Gasteiger partial charge in [-0.3, -0.25) is 0 Å². The van der Waals surface area contributed by atoms with Crippen LogP contribution < -0.4 is 15.6 Å². The van der Waals surface area contributed by atoms with Crippen LogP contribution in [0, 0.1) is 6.07 Å². The summed E-state index contributed by atoms with van der Waals surface area (Å²) >= 11 is -1.92. The van der Waals surface area contributed by atoms with Crippen LogP contribution in [0.2, 0.25) is 0 Å². The molecule has 1 aliphatic carbocycles. The van der Waals surface area contributed by atoms with Gasteiger partial charge in [0, 0.05) is 0 Å². The van der Waals surface area contributed by atoms with Crippen LogP contribution in [-0.4, -0.2) is 8.07 Å². The van der Waals surface area contributed by atoms with Crippen molar-refractivity contribution in [2.24, 2.45) is 0 Å². The molecule has 5 aromatic carbocycles. The minimum absolute atomic E-state index is 0.169. The Hall–Kier alpha value is -2.10. The van der Waals surface area contributed by atoms with Crippen LogP contribution in [-0.2, 0) is 14.7 Å². The molecule has 0 saturated carbocycles. The molecule has 284 valence electrons. The molecule has 54 heavy (non-hydrogen) atoms. The molecule has 0 N–H and O–H groups in total. The summed E-state index contributed by atoms with van der Waals surface area (Å²) in [5.41, 5.74) is 14.4. The molecule has 0 aliphatic heterocycles. The Morgan fingerprint density at radius 2 is 0.778 bits per heavy atom. The van der Waals surface area contributed by atoms with E-state index in [2.05, 4.69) is 186 Å². The zero-order valence-electron chi connectivity index (χ0n) is 34.4. The van der Waals surface area contributed by atoms with Gasteiger partial charge >= 0.3 is 42.6 Å². The molecule has 0 heterocycles. The zero-order chi connectivity index (χ0) is 39.6. The predicted molar refractivity (Wildman–Crippen MR) is 239 cm³/mol. The molecule has 0 spiro atoms. The zero-order valence-corrected chi connectivity index (χ0v) is 39.2. The normalized spacial score (nSPS) is 13.9. The van der Waals surface area contributed by atoms with Crippen molar-refractivity contribution in [1.82, 2.24) is 0 Å². The Morgan fingerprint density at radius 3 is 1.11 bits per heavy atom. The van der Waals surface area contributed by atoms with E-state index in [1.807, 2.05) is 0 Å². The number of hydrogen-bond acceptors (Lipinski definition) is 0. The van der Waals surface area contributed by atoms with E-state index in [-0.39, 0.29) is 5.54 Å². The van der Waals surface area contributed by atoms with Gasteiger partial charge in [-0.05, 0) is 95.6 Å². The molecule has 0 nitrogen and oxygen atoms in total. The van der Waals surface area contributed by atoms with Crippen molar-refractivity contribution >= 4 is 51.5 Å². The van der Waals surface area contributed by atoms with Crippen LogP contribution in [0.5, 0.6) is 0 Å². The summed E-state index contributed by atoms with van der Waals surface area (Å²) in [4.78, 5) is 0. The van der Waals surface area contributed by atoms with Crippen molar-refractivity contribution in [1.29, 1.82) is 0 Å². The minimum atomic E-state index is -2.99. The van der Waals surface area contributed by atoms with Gasteiger partial charge in [0.25, 0.3) is 0 Å². The van der Waals surface area contributed by atoms with Crippen LogP contribution >= 0.6 is 27.9 Å². The van der Waals surface area contributed by atoms with E-state index in [1.165, 1.54) is 71.2 Å². The first-order valence-corrected chi connectivity index (χ1v) is 28.4. The van der Waals surface area contributed by atoms with Gasteiger partial charge in [0.05, 0.1) is 0 Å². The average molecular weight is 830 g/mol. The number of fused-ring (bicyclic) bond motifs is 3.